The van der Waals surface area contributed by atoms with Gasteiger partial charge in [-0.2, -0.15) is 0 Å². The van der Waals surface area contributed by atoms with Crippen LogP contribution in [0.5, 0.6) is 0 Å². The zero-order valence-electron chi connectivity index (χ0n) is 12.4. The molecule has 0 aliphatic carbocycles. The summed E-state index contributed by atoms with van der Waals surface area (Å²) in [6.45, 7) is 0. The van der Waals surface area contributed by atoms with Gasteiger partial charge in [0, 0.05) is 36.3 Å². The van der Waals surface area contributed by atoms with Gasteiger partial charge in [0.1, 0.15) is 5.82 Å². The molecule has 5 nitrogen and oxygen atoms in total. The third-order valence-corrected chi connectivity index (χ3v) is 3.55. The fraction of sp³-hybridized carbons (Fsp3) is 0.0556. The molecule has 0 saturated heterocycles. The average Bonchev–Trinajstić information content (AvgIpc) is 2.56. The van der Waals surface area contributed by atoms with Gasteiger partial charge in [0.2, 0.25) is 0 Å². The molecular formula is C18H16N4O. The number of hydrogen-bond donors (Lipinski definition) is 2. The molecule has 0 radical (unpaired) electrons. The van der Waals surface area contributed by atoms with Gasteiger partial charge in [-0.3, -0.25) is 9.78 Å². The van der Waals surface area contributed by atoms with E-state index in [-0.39, 0.29) is 18.0 Å². The summed E-state index contributed by atoms with van der Waals surface area (Å²) in [5.74, 6) is 0.156. The number of carbonyl (C=O) groups is 1. The number of benzene rings is 1. The van der Waals surface area contributed by atoms with Crippen LogP contribution in [0.15, 0.2) is 61.1 Å². The average molecular weight is 304 g/mol. The van der Waals surface area contributed by atoms with Crippen LogP contribution in [0, 0.1) is 0 Å². The van der Waals surface area contributed by atoms with Crippen molar-refractivity contribution in [1.29, 1.82) is 0 Å². The van der Waals surface area contributed by atoms with Crippen molar-refractivity contribution in [3.8, 4) is 11.1 Å². The van der Waals surface area contributed by atoms with Gasteiger partial charge in [-0.1, -0.05) is 12.1 Å². The molecule has 0 amide bonds. The van der Waals surface area contributed by atoms with Crippen LogP contribution in [0.25, 0.3) is 11.1 Å². The van der Waals surface area contributed by atoms with Crippen molar-refractivity contribution in [2.45, 2.75) is 6.42 Å². The molecule has 0 aliphatic rings. The number of nitrogens with two attached hydrogens (primary N) is 2. The van der Waals surface area contributed by atoms with Crippen molar-refractivity contribution >= 4 is 17.3 Å². The van der Waals surface area contributed by atoms with Gasteiger partial charge in [-0.25, -0.2) is 4.98 Å². The van der Waals surface area contributed by atoms with Crippen LogP contribution in [0.3, 0.4) is 0 Å². The fourth-order valence-electron chi connectivity index (χ4n) is 2.36. The van der Waals surface area contributed by atoms with E-state index in [1.807, 2.05) is 36.4 Å². The number of Topliss-reactive ketones (excluding diaryl/α,β-unsaturated/α-hetero) is 1. The Morgan fingerprint density at radius 2 is 1.78 bits per heavy atom. The third-order valence-electron chi connectivity index (χ3n) is 3.55. The highest BCUT2D eigenvalue weighted by Crippen LogP contribution is 2.24. The molecule has 114 valence electrons. The molecule has 2 heterocycles. The Hall–Kier alpha value is -3.21. The van der Waals surface area contributed by atoms with Crippen LogP contribution in [0.2, 0.25) is 0 Å². The molecule has 2 aromatic heterocycles. The molecule has 0 atom stereocenters. The summed E-state index contributed by atoms with van der Waals surface area (Å²) in [5, 5.41) is 0. The normalized spacial score (nSPS) is 10.4. The fourth-order valence-corrected chi connectivity index (χ4v) is 2.36. The number of carbonyl (C=O) groups excluding carboxylic acids is 1. The minimum Gasteiger partial charge on any atom is -0.399 e. The Morgan fingerprint density at radius 1 is 1.00 bits per heavy atom. The van der Waals surface area contributed by atoms with Gasteiger partial charge < -0.3 is 11.5 Å². The van der Waals surface area contributed by atoms with Crippen molar-refractivity contribution in [3.05, 3.63) is 72.2 Å². The van der Waals surface area contributed by atoms with E-state index in [0.717, 1.165) is 16.7 Å². The molecule has 0 fully saturated rings. The lowest BCUT2D eigenvalue weighted by Crippen LogP contribution is -2.09. The number of nitrogens with zero attached hydrogens (tertiary/aromatic N) is 2. The summed E-state index contributed by atoms with van der Waals surface area (Å²) >= 11 is 0. The monoisotopic (exact) mass is 304 g/mol. The lowest BCUT2D eigenvalue weighted by atomic mass is 10.00. The maximum atomic E-state index is 12.5. The van der Waals surface area contributed by atoms with Crippen molar-refractivity contribution in [2.24, 2.45) is 0 Å². The molecule has 0 aliphatic heterocycles. The van der Waals surface area contributed by atoms with E-state index < -0.39 is 0 Å². The first kappa shape index (κ1) is 14.7. The van der Waals surface area contributed by atoms with E-state index in [9.17, 15) is 4.79 Å². The van der Waals surface area contributed by atoms with Gasteiger partial charge in [0.05, 0.1) is 5.56 Å². The quantitative estimate of drug-likeness (QED) is 0.571. The van der Waals surface area contributed by atoms with Crippen LogP contribution in [-0.4, -0.2) is 15.8 Å². The number of aromatic nitrogens is 2. The third kappa shape index (κ3) is 3.35. The highest BCUT2D eigenvalue weighted by Gasteiger charge is 2.13. The molecule has 4 N–H and O–H groups in total. The Morgan fingerprint density at radius 3 is 2.52 bits per heavy atom. The number of pyridine rings is 2. The second-order valence-corrected chi connectivity index (χ2v) is 5.24. The van der Waals surface area contributed by atoms with E-state index in [1.54, 1.807) is 24.7 Å². The second kappa shape index (κ2) is 6.27. The molecule has 3 aromatic rings. The first-order valence-electron chi connectivity index (χ1n) is 7.17. The molecule has 1 aromatic carbocycles. The Bertz CT molecular complexity index is 847. The van der Waals surface area contributed by atoms with Gasteiger partial charge in [0.25, 0.3) is 0 Å². The summed E-state index contributed by atoms with van der Waals surface area (Å²) < 4.78 is 0. The molecule has 3 rings (SSSR count). The maximum Gasteiger partial charge on any atom is 0.170 e. The minimum absolute atomic E-state index is 0.0769. The molecule has 0 spiro atoms. The summed E-state index contributed by atoms with van der Waals surface area (Å²) in [6.07, 6.45) is 5.23. The highest BCUT2D eigenvalue weighted by atomic mass is 16.1. The Balaban J connectivity index is 1.93. The van der Waals surface area contributed by atoms with Crippen molar-refractivity contribution < 1.29 is 4.79 Å². The van der Waals surface area contributed by atoms with Crippen LogP contribution < -0.4 is 11.5 Å². The SMILES string of the molecule is Nc1cccc(-c2cnc(N)c(C(=O)Cc3ccncc3)c2)c1. The molecule has 0 unspecified atom stereocenters. The lowest BCUT2D eigenvalue weighted by molar-refractivity contribution is 0.0993. The Kier molecular flexibility index (Phi) is 4.01. The van der Waals surface area contributed by atoms with Gasteiger partial charge in [-0.05, 0) is 41.5 Å². The van der Waals surface area contributed by atoms with Crippen LogP contribution in [0.4, 0.5) is 11.5 Å². The maximum absolute atomic E-state index is 12.5. The van der Waals surface area contributed by atoms with Gasteiger partial charge >= 0.3 is 0 Å². The van der Waals surface area contributed by atoms with Crippen LogP contribution in [-0.2, 0) is 6.42 Å². The summed E-state index contributed by atoms with van der Waals surface area (Å²) in [6, 6.07) is 12.8. The van der Waals surface area contributed by atoms with Crippen LogP contribution in [0.1, 0.15) is 15.9 Å². The van der Waals surface area contributed by atoms with E-state index in [2.05, 4.69) is 9.97 Å². The standard InChI is InChI=1S/C18H16N4O/c19-15-3-1-2-13(9-15)14-10-16(18(20)22-11-14)17(23)8-12-4-6-21-7-5-12/h1-7,9-11H,8,19H2,(H2,20,22). The molecular weight excluding hydrogens is 288 g/mol. The molecule has 5 heteroatoms. The predicted molar refractivity (Wildman–Crippen MR) is 90.8 cm³/mol. The van der Waals surface area contributed by atoms with Gasteiger partial charge in [0.15, 0.2) is 5.78 Å². The topological polar surface area (TPSA) is 94.9 Å². The minimum atomic E-state index is -0.0769. The van der Waals surface area contributed by atoms with Crippen molar-refractivity contribution in [1.82, 2.24) is 9.97 Å². The predicted octanol–water partition coefficient (Wildman–Crippen LogP) is 2.73. The number of hydrogen-bond acceptors (Lipinski definition) is 5. The second-order valence-electron chi connectivity index (χ2n) is 5.24. The number of anilines is 2. The van der Waals surface area contributed by atoms with E-state index in [4.69, 9.17) is 11.5 Å². The van der Waals surface area contributed by atoms with E-state index in [0.29, 0.717) is 11.3 Å². The van der Waals surface area contributed by atoms with Crippen molar-refractivity contribution in [2.75, 3.05) is 11.5 Å². The summed E-state index contributed by atoms with van der Waals surface area (Å²) in [7, 11) is 0. The molecule has 23 heavy (non-hydrogen) atoms. The smallest absolute Gasteiger partial charge is 0.170 e. The van der Waals surface area contributed by atoms with E-state index >= 15 is 0 Å². The Labute approximate surface area is 134 Å². The summed E-state index contributed by atoms with van der Waals surface area (Å²) in [5.41, 5.74) is 15.4. The van der Waals surface area contributed by atoms with Crippen LogP contribution >= 0.6 is 0 Å². The van der Waals surface area contributed by atoms with Crippen molar-refractivity contribution in [3.63, 3.8) is 0 Å². The zero-order valence-corrected chi connectivity index (χ0v) is 12.4. The number of rotatable bonds is 4. The first-order valence-corrected chi connectivity index (χ1v) is 7.17. The van der Waals surface area contributed by atoms with E-state index in [1.165, 1.54) is 0 Å². The highest BCUT2D eigenvalue weighted by molar-refractivity contribution is 6.02. The molecule has 0 bridgehead atoms. The summed E-state index contributed by atoms with van der Waals surface area (Å²) in [4.78, 5) is 20.6. The zero-order chi connectivity index (χ0) is 16.2. The molecule has 0 saturated carbocycles. The largest absolute Gasteiger partial charge is 0.399 e. The number of ketones is 1. The van der Waals surface area contributed by atoms with Gasteiger partial charge in [-0.15, -0.1) is 0 Å². The number of nitrogen functional groups attached to an aromatic ring is 2. The first-order chi connectivity index (χ1) is 11.1. The lowest BCUT2D eigenvalue weighted by Gasteiger charge is -2.08.